The maximum atomic E-state index is 11.1. The maximum Gasteiger partial charge on any atom is 0.357 e. The summed E-state index contributed by atoms with van der Waals surface area (Å²) in [6.45, 7) is 12.2. The minimum atomic E-state index is 0.0170. The van der Waals surface area contributed by atoms with Crippen molar-refractivity contribution < 1.29 is 14.6 Å². The van der Waals surface area contributed by atoms with Crippen molar-refractivity contribution in [3.63, 3.8) is 0 Å². The number of hydrogen-bond acceptors (Lipinski definition) is 5. The minimum Gasteiger partial charge on any atom is -0.507 e. The summed E-state index contributed by atoms with van der Waals surface area (Å²) < 4.78 is 11.8. The lowest BCUT2D eigenvalue weighted by Crippen LogP contribution is -2.20. The number of hydrogen-bond donors (Lipinski definition) is 1. The molecule has 1 heterocycles. The zero-order valence-corrected chi connectivity index (χ0v) is 20.3. The molecule has 0 radical (unpaired) electrons. The Hall–Kier alpha value is -1.85. The lowest BCUT2D eigenvalue weighted by Gasteiger charge is -2.32. The summed E-state index contributed by atoms with van der Waals surface area (Å²) in [4.78, 5) is 2.20. The lowest BCUT2D eigenvalue weighted by atomic mass is 9.73. The molecule has 5 heteroatoms. The van der Waals surface area contributed by atoms with Crippen LogP contribution in [0.5, 0.6) is 11.5 Å². The third kappa shape index (κ3) is 6.33. The fraction of sp³-hybridized carbons (Fsp3) is 0.577. The Kier molecular flexibility index (Phi) is 8.17. The lowest BCUT2D eigenvalue weighted by molar-refractivity contribution is 0.238. The van der Waals surface area contributed by atoms with Gasteiger partial charge in [-0.1, -0.05) is 43.6 Å². The fourth-order valence-corrected chi connectivity index (χ4v) is 4.62. The van der Waals surface area contributed by atoms with Crippen LogP contribution in [0.1, 0.15) is 69.9 Å². The Labute approximate surface area is 192 Å². The second kappa shape index (κ2) is 10.6. The summed E-state index contributed by atoms with van der Waals surface area (Å²) in [5.74, 6) is 1.17. The number of likely N-dealkylation sites (N-methyl/N-ethyl adjacent to an activating group) is 1. The Bertz CT molecular complexity index is 847. The van der Waals surface area contributed by atoms with E-state index in [1.54, 1.807) is 0 Å². The van der Waals surface area contributed by atoms with Crippen molar-refractivity contribution in [2.75, 3.05) is 20.2 Å². The molecule has 2 unspecified atom stereocenters. The number of benzene rings is 1. The van der Waals surface area contributed by atoms with Crippen LogP contribution in [-0.2, 0) is 11.2 Å². The topological polar surface area (TPSA) is 41.7 Å². The molecular weight excluding hydrogens is 406 g/mol. The van der Waals surface area contributed by atoms with Gasteiger partial charge in [0, 0.05) is 30.2 Å². The van der Waals surface area contributed by atoms with Gasteiger partial charge in [0.05, 0.1) is 6.04 Å². The number of unbranched alkanes of at least 4 members (excludes halogenated alkanes) is 2. The molecular formula is C26H37NO3S. The number of thiocarbonyl (C=S) groups is 1. The molecule has 4 nitrogen and oxygen atoms in total. The summed E-state index contributed by atoms with van der Waals surface area (Å²) >= 11 is 5.40. The van der Waals surface area contributed by atoms with E-state index in [9.17, 15) is 5.11 Å². The summed E-state index contributed by atoms with van der Waals surface area (Å²) in [5, 5.41) is 11.2. The quantitative estimate of drug-likeness (QED) is 0.215. The molecule has 1 saturated heterocycles. The number of phenols is 1. The zero-order valence-electron chi connectivity index (χ0n) is 19.4. The van der Waals surface area contributed by atoms with Crippen LogP contribution in [0.4, 0.5) is 0 Å². The van der Waals surface area contributed by atoms with Crippen molar-refractivity contribution in [2.45, 2.75) is 71.3 Å². The summed E-state index contributed by atoms with van der Waals surface area (Å²) in [6.07, 6.45) is 8.64. The minimum absolute atomic E-state index is 0.0170. The highest BCUT2D eigenvalue weighted by Gasteiger charge is 2.32. The van der Waals surface area contributed by atoms with Crippen molar-refractivity contribution in [1.29, 1.82) is 0 Å². The van der Waals surface area contributed by atoms with Gasteiger partial charge >= 0.3 is 5.24 Å². The van der Waals surface area contributed by atoms with Crippen LogP contribution < -0.4 is 4.74 Å². The third-order valence-electron chi connectivity index (χ3n) is 6.54. The van der Waals surface area contributed by atoms with E-state index in [0.717, 1.165) is 61.8 Å². The largest absolute Gasteiger partial charge is 0.507 e. The zero-order chi connectivity index (χ0) is 22.5. The van der Waals surface area contributed by atoms with E-state index < -0.39 is 0 Å². The van der Waals surface area contributed by atoms with Crippen LogP contribution in [0.25, 0.3) is 0 Å². The fourth-order valence-electron chi connectivity index (χ4n) is 4.47. The molecule has 1 aliphatic carbocycles. The number of allylic oxidation sites excluding steroid dienone is 3. The Balaban J connectivity index is 1.90. The molecule has 1 N–H and O–H groups in total. The predicted octanol–water partition coefficient (Wildman–Crippen LogP) is 6.14. The monoisotopic (exact) mass is 443 g/mol. The highest BCUT2D eigenvalue weighted by molar-refractivity contribution is 7.79. The Morgan fingerprint density at radius 3 is 2.71 bits per heavy atom. The molecule has 0 amide bonds. The second-order valence-corrected chi connectivity index (χ2v) is 9.60. The van der Waals surface area contributed by atoms with E-state index in [2.05, 4.69) is 45.4 Å². The summed E-state index contributed by atoms with van der Waals surface area (Å²) in [7, 11) is 2.06. The average Bonchev–Trinajstić information content (AvgIpc) is 3.41. The summed E-state index contributed by atoms with van der Waals surface area (Å²) in [6, 6.07) is 4.34. The second-order valence-electron chi connectivity index (χ2n) is 9.27. The van der Waals surface area contributed by atoms with Gasteiger partial charge in [-0.05, 0) is 70.2 Å². The normalized spacial score (nSPS) is 25.0. The molecule has 1 aromatic rings. The highest BCUT2D eigenvalue weighted by atomic mass is 32.1. The average molecular weight is 444 g/mol. The van der Waals surface area contributed by atoms with Crippen molar-refractivity contribution in [3.8, 4) is 11.5 Å². The molecule has 1 fully saturated rings. The molecule has 0 aromatic heterocycles. The first-order valence-electron chi connectivity index (χ1n) is 11.5. The number of ether oxygens (including phenoxy) is 2. The first-order chi connectivity index (χ1) is 14.8. The van der Waals surface area contributed by atoms with Crippen molar-refractivity contribution in [3.05, 3.63) is 47.1 Å². The van der Waals surface area contributed by atoms with Gasteiger partial charge in [-0.25, -0.2) is 0 Å². The number of aryl methyl sites for hydroxylation is 1. The van der Waals surface area contributed by atoms with E-state index >= 15 is 0 Å². The number of phenolic OH excluding ortho intramolecular Hbond substituents is 1. The maximum absolute atomic E-state index is 11.1. The molecule has 0 spiro atoms. The van der Waals surface area contributed by atoms with Gasteiger partial charge in [0.25, 0.3) is 0 Å². The first-order valence-corrected chi connectivity index (χ1v) is 11.9. The molecule has 1 aliphatic heterocycles. The SMILES string of the molecule is C=C(C)[C@@H]1CCC(C)=C[C@H]1c1c(O)cc(CCCCC)cc1OC(=S)OCC1CN1C. The molecule has 31 heavy (non-hydrogen) atoms. The van der Waals surface area contributed by atoms with E-state index in [1.807, 2.05) is 12.1 Å². The van der Waals surface area contributed by atoms with E-state index in [0.29, 0.717) is 18.4 Å². The molecule has 1 aromatic carbocycles. The van der Waals surface area contributed by atoms with Crippen LogP contribution in [0.15, 0.2) is 35.9 Å². The van der Waals surface area contributed by atoms with Crippen LogP contribution in [0.3, 0.4) is 0 Å². The van der Waals surface area contributed by atoms with Gasteiger partial charge in [-0.2, -0.15) is 0 Å². The van der Waals surface area contributed by atoms with E-state index in [4.69, 9.17) is 21.7 Å². The number of rotatable bonds is 9. The standard InChI is InChI=1S/C26H37NO3S/c1-6-7-8-9-19-13-23(28)25(22-12-18(4)10-11-21(22)17(2)3)24(14-19)30-26(31)29-16-20-15-27(20)5/h12-14,20-22,28H,2,6-11,15-16H2,1,3-5H3/t20?,21-,22+,27?/m0/s1. The van der Waals surface area contributed by atoms with Crippen molar-refractivity contribution in [2.24, 2.45) is 5.92 Å². The third-order valence-corrected chi connectivity index (χ3v) is 6.74. The van der Waals surface area contributed by atoms with Gasteiger partial charge in [0.2, 0.25) is 0 Å². The van der Waals surface area contributed by atoms with Crippen LogP contribution in [0.2, 0.25) is 0 Å². The smallest absolute Gasteiger partial charge is 0.357 e. The van der Waals surface area contributed by atoms with E-state index in [1.165, 1.54) is 5.57 Å². The molecule has 0 saturated carbocycles. The summed E-state index contributed by atoms with van der Waals surface area (Å²) in [5.41, 5.74) is 4.32. The molecule has 4 atom stereocenters. The predicted molar refractivity (Wildman–Crippen MR) is 131 cm³/mol. The van der Waals surface area contributed by atoms with Crippen molar-refractivity contribution in [1.82, 2.24) is 4.90 Å². The van der Waals surface area contributed by atoms with Crippen LogP contribution in [0, 0.1) is 5.92 Å². The number of aromatic hydroxyl groups is 1. The van der Waals surface area contributed by atoms with E-state index in [-0.39, 0.29) is 22.8 Å². The molecule has 0 bridgehead atoms. The molecule has 170 valence electrons. The van der Waals surface area contributed by atoms with Crippen LogP contribution >= 0.6 is 12.2 Å². The van der Waals surface area contributed by atoms with Gasteiger partial charge < -0.3 is 14.6 Å². The van der Waals surface area contributed by atoms with Crippen molar-refractivity contribution >= 4 is 17.5 Å². The highest BCUT2D eigenvalue weighted by Crippen LogP contribution is 2.47. The molecule has 3 rings (SSSR count). The Morgan fingerprint density at radius 1 is 1.32 bits per heavy atom. The number of nitrogens with zero attached hydrogens (tertiary/aromatic N) is 1. The van der Waals surface area contributed by atoms with Gasteiger partial charge in [-0.3, -0.25) is 4.90 Å². The van der Waals surface area contributed by atoms with Gasteiger partial charge in [-0.15, -0.1) is 0 Å². The molecule has 2 aliphatic rings. The van der Waals surface area contributed by atoms with Gasteiger partial charge in [0.15, 0.2) is 0 Å². The van der Waals surface area contributed by atoms with Crippen LogP contribution in [-0.4, -0.2) is 41.5 Å². The Morgan fingerprint density at radius 2 is 2.06 bits per heavy atom. The first kappa shape index (κ1) is 23.8. The van der Waals surface area contributed by atoms with Gasteiger partial charge in [0.1, 0.15) is 18.1 Å².